The van der Waals surface area contributed by atoms with Gasteiger partial charge < -0.3 is 5.32 Å². The lowest BCUT2D eigenvalue weighted by molar-refractivity contribution is 0.421. The fourth-order valence-electron chi connectivity index (χ4n) is 2.37. The molecule has 0 heterocycles. The van der Waals surface area contributed by atoms with Gasteiger partial charge in [0.15, 0.2) is 0 Å². The maximum Gasteiger partial charge on any atom is 0.123 e. The fourth-order valence-corrected chi connectivity index (χ4v) is 2.82. The molecule has 0 aliphatic rings. The zero-order valence-corrected chi connectivity index (χ0v) is 13.8. The van der Waals surface area contributed by atoms with Gasteiger partial charge in [-0.15, -0.1) is 0 Å². The van der Waals surface area contributed by atoms with Crippen molar-refractivity contribution < 1.29 is 4.39 Å². The predicted octanol–water partition coefficient (Wildman–Crippen LogP) is 4.37. The maximum absolute atomic E-state index is 13.3. The van der Waals surface area contributed by atoms with Gasteiger partial charge in [0.1, 0.15) is 5.82 Å². The van der Waals surface area contributed by atoms with Crippen molar-refractivity contribution in [1.29, 1.82) is 0 Å². The Morgan fingerprint density at radius 3 is 2.70 bits per heavy atom. The largest absolute Gasteiger partial charge is 0.316 e. The minimum Gasteiger partial charge on any atom is -0.316 e. The summed E-state index contributed by atoms with van der Waals surface area (Å²) in [4.78, 5) is 0. The quantitative estimate of drug-likeness (QED) is 0.643. The Labute approximate surface area is 127 Å². The van der Waals surface area contributed by atoms with E-state index < -0.39 is 0 Å². The number of rotatable bonds is 10. The van der Waals surface area contributed by atoms with Gasteiger partial charge in [0, 0.05) is 0 Å². The molecule has 1 aromatic carbocycles. The molecule has 0 bridgehead atoms. The lowest BCUT2D eigenvalue weighted by Gasteiger charge is -2.18. The van der Waals surface area contributed by atoms with E-state index >= 15 is 0 Å². The van der Waals surface area contributed by atoms with Crippen LogP contribution in [0.4, 0.5) is 4.39 Å². The lowest BCUT2D eigenvalue weighted by Crippen LogP contribution is -2.27. The van der Waals surface area contributed by atoms with Crippen molar-refractivity contribution >= 4 is 11.8 Å². The van der Waals surface area contributed by atoms with Gasteiger partial charge in [-0.05, 0) is 73.9 Å². The van der Waals surface area contributed by atoms with Crippen LogP contribution >= 0.6 is 11.8 Å². The van der Waals surface area contributed by atoms with Crippen LogP contribution in [0.3, 0.4) is 0 Å². The third-order valence-electron chi connectivity index (χ3n) is 3.36. The van der Waals surface area contributed by atoms with Crippen LogP contribution in [0, 0.1) is 17.7 Å². The first kappa shape index (κ1) is 17.5. The van der Waals surface area contributed by atoms with E-state index in [-0.39, 0.29) is 5.82 Å². The highest BCUT2D eigenvalue weighted by molar-refractivity contribution is 7.98. The molecule has 1 N–H and O–H groups in total. The third-order valence-corrected chi connectivity index (χ3v) is 4.06. The summed E-state index contributed by atoms with van der Waals surface area (Å²) in [6.45, 7) is 6.54. The summed E-state index contributed by atoms with van der Waals surface area (Å²) in [5.74, 6) is 2.36. The van der Waals surface area contributed by atoms with E-state index in [0.29, 0.717) is 11.8 Å². The van der Waals surface area contributed by atoms with Crippen molar-refractivity contribution in [2.24, 2.45) is 11.8 Å². The standard InChI is InChI=1S/C17H28FNS/c1-14(2)12-19-13-16(7-5-9-20-3)10-15-6-4-8-17(18)11-15/h4,6,8,11,14,16,19H,5,7,9-10,12-13H2,1-3H3. The van der Waals surface area contributed by atoms with E-state index in [2.05, 4.69) is 25.4 Å². The number of thioether (sulfide) groups is 1. The first-order valence-electron chi connectivity index (χ1n) is 7.56. The van der Waals surface area contributed by atoms with Gasteiger partial charge in [-0.1, -0.05) is 26.0 Å². The van der Waals surface area contributed by atoms with E-state index in [1.807, 2.05) is 23.9 Å². The molecule has 1 atom stereocenters. The zero-order chi connectivity index (χ0) is 14.8. The molecule has 1 rings (SSSR count). The van der Waals surface area contributed by atoms with E-state index in [1.165, 1.54) is 24.7 Å². The molecule has 20 heavy (non-hydrogen) atoms. The van der Waals surface area contributed by atoms with Crippen molar-refractivity contribution in [2.45, 2.75) is 33.1 Å². The molecule has 1 aromatic rings. The van der Waals surface area contributed by atoms with Gasteiger partial charge in [-0.25, -0.2) is 4.39 Å². The Morgan fingerprint density at radius 1 is 1.25 bits per heavy atom. The fraction of sp³-hybridized carbons (Fsp3) is 0.647. The smallest absolute Gasteiger partial charge is 0.123 e. The zero-order valence-electron chi connectivity index (χ0n) is 13.0. The van der Waals surface area contributed by atoms with Crippen molar-refractivity contribution in [3.05, 3.63) is 35.6 Å². The molecule has 0 saturated carbocycles. The molecule has 0 amide bonds. The third kappa shape index (κ3) is 7.91. The van der Waals surface area contributed by atoms with Gasteiger partial charge in [0.2, 0.25) is 0 Å². The molecular formula is C17H28FNS. The molecule has 0 spiro atoms. The highest BCUT2D eigenvalue weighted by atomic mass is 32.2. The summed E-state index contributed by atoms with van der Waals surface area (Å²) in [5, 5.41) is 3.55. The van der Waals surface area contributed by atoms with Gasteiger partial charge in [0.25, 0.3) is 0 Å². The normalized spacial score (nSPS) is 12.8. The molecular weight excluding hydrogens is 269 g/mol. The summed E-state index contributed by atoms with van der Waals surface area (Å²) in [5.41, 5.74) is 1.12. The molecule has 0 saturated heterocycles. The van der Waals surface area contributed by atoms with Crippen LogP contribution in [0.1, 0.15) is 32.3 Å². The molecule has 0 aromatic heterocycles. The first-order chi connectivity index (χ1) is 9.61. The monoisotopic (exact) mass is 297 g/mol. The minimum atomic E-state index is -0.125. The molecule has 0 aliphatic carbocycles. The number of nitrogens with one attached hydrogen (secondary N) is 1. The molecule has 3 heteroatoms. The van der Waals surface area contributed by atoms with Crippen LogP contribution in [0.2, 0.25) is 0 Å². The van der Waals surface area contributed by atoms with Crippen molar-refractivity contribution in [2.75, 3.05) is 25.1 Å². The molecule has 1 unspecified atom stereocenters. The molecule has 1 nitrogen and oxygen atoms in total. The van der Waals surface area contributed by atoms with E-state index in [0.717, 1.165) is 25.1 Å². The summed E-state index contributed by atoms with van der Waals surface area (Å²) in [6, 6.07) is 7.03. The number of hydrogen-bond acceptors (Lipinski definition) is 2. The van der Waals surface area contributed by atoms with Gasteiger partial charge in [0.05, 0.1) is 0 Å². The minimum absolute atomic E-state index is 0.125. The predicted molar refractivity (Wildman–Crippen MR) is 88.9 cm³/mol. The Balaban J connectivity index is 2.47. The number of benzene rings is 1. The Morgan fingerprint density at radius 2 is 2.05 bits per heavy atom. The highest BCUT2D eigenvalue weighted by Gasteiger charge is 2.10. The van der Waals surface area contributed by atoms with E-state index in [4.69, 9.17) is 0 Å². The van der Waals surface area contributed by atoms with Crippen LogP contribution in [0.5, 0.6) is 0 Å². The van der Waals surface area contributed by atoms with Crippen LogP contribution in [0.15, 0.2) is 24.3 Å². The summed E-state index contributed by atoms with van der Waals surface area (Å²) >= 11 is 1.90. The Kier molecular flexibility index (Phi) is 8.95. The second kappa shape index (κ2) is 10.2. The SMILES string of the molecule is CSCCCC(CNCC(C)C)Cc1cccc(F)c1. The Bertz CT molecular complexity index is 368. The molecule has 0 radical (unpaired) electrons. The van der Waals surface area contributed by atoms with Crippen LogP contribution < -0.4 is 5.32 Å². The average Bonchev–Trinajstić information content (AvgIpc) is 2.38. The van der Waals surface area contributed by atoms with Crippen molar-refractivity contribution in [3.63, 3.8) is 0 Å². The van der Waals surface area contributed by atoms with Gasteiger partial charge in [-0.3, -0.25) is 0 Å². The summed E-state index contributed by atoms with van der Waals surface area (Å²) in [6.07, 6.45) is 5.57. The second-order valence-corrected chi connectivity index (χ2v) is 6.87. The second-order valence-electron chi connectivity index (χ2n) is 5.89. The lowest BCUT2D eigenvalue weighted by atomic mass is 9.94. The molecule has 114 valence electrons. The van der Waals surface area contributed by atoms with Crippen LogP contribution in [-0.4, -0.2) is 25.1 Å². The van der Waals surface area contributed by atoms with Gasteiger partial charge in [-0.2, -0.15) is 11.8 Å². The van der Waals surface area contributed by atoms with E-state index in [9.17, 15) is 4.39 Å². The average molecular weight is 297 g/mol. The van der Waals surface area contributed by atoms with Crippen molar-refractivity contribution in [3.8, 4) is 0 Å². The number of halogens is 1. The molecule has 0 aliphatic heterocycles. The first-order valence-corrected chi connectivity index (χ1v) is 8.95. The van der Waals surface area contributed by atoms with E-state index in [1.54, 1.807) is 6.07 Å². The van der Waals surface area contributed by atoms with Crippen LogP contribution in [-0.2, 0) is 6.42 Å². The van der Waals surface area contributed by atoms with Crippen molar-refractivity contribution in [1.82, 2.24) is 5.32 Å². The summed E-state index contributed by atoms with van der Waals surface area (Å²) in [7, 11) is 0. The van der Waals surface area contributed by atoms with Gasteiger partial charge >= 0.3 is 0 Å². The highest BCUT2D eigenvalue weighted by Crippen LogP contribution is 2.16. The van der Waals surface area contributed by atoms with Crippen LogP contribution in [0.25, 0.3) is 0 Å². The maximum atomic E-state index is 13.3. The topological polar surface area (TPSA) is 12.0 Å². The number of hydrogen-bond donors (Lipinski definition) is 1. The Hall–Kier alpha value is -0.540. The summed E-state index contributed by atoms with van der Waals surface area (Å²) < 4.78 is 13.3. The molecule has 0 fully saturated rings.